The van der Waals surface area contributed by atoms with Crippen molar-refractivity contribution < 1.29 is 19.0 Å². The number of thioether (sulfide) groups is 1. The zero-order valence-electron chi connectivity index (χ0n) is 11.5. The van der Waals surface area contributed by atoms with E-state index in [1.807, 2.05) is 4.57 Å². The fourth-order valence-electron chi connectivity index (χ4n) is 1.93. The number of aryl methyl sites for hydroxylation is 1. The molecule has 0 bridgehead atoms. The van der Waals surface area contributed by atoms with Crippen LogP contribution < -0.4 is 4.74 Å². The Labute approximate surface area is 125 Å². The maximum Gasteiger partial charge on any atom is 0.313 e. The Hall–Kier alpha value is -2.02. The van der Waals surface area contributed by atoms with Crippen molar-refractivity contribution in [3.05, 3.63) is 30.6 Å². The number of fused-ring (bicyclic) bond motifs is 1. The molecule has 0 aliphatic rings. The first-order chi connectivity index (χ1) is 10.1. The van der Waals surface area contributed by atoms with E-state index < -0.39 is 11.8 Å². The van der Waals surface area contributed by atoms with Crippen LogP contribution >= 0.6 is 11.8 Å². The first-order valence-electron chi connectivity index (χ1n) is 6.26. The van der Waals surface area contributed by atoms with E-state index in [0.29, 0.717) is 29.2 Å². The maximum absolute atomic E-state index is 13.7. The van der Waals surface area contributed by atoms with Crippen molar-refractivity contribution in [2.75, 3.05) is 12.9 Å². The molecule has 112 valence electrons. The van der Waals surface area contributed by atoms with Crippen LogP contribution in [-0.2, 0) is 11.3 Å². The van der Waals surface area contributed by atoms with Gasteiger partial charge in [0, 0.05) is 18.7 Å². The highest BCUT2D eigenvalue weighted by molar-refractivity contribution is 7.99. The Bertz CT molecular complexity index is 684. The third-order valence-corrected chi connectivity index (χ3v) is 3.83. The number of methoxy groups -OCH3 is 1. The molecule has 0 fully saturated rings. The Morgan fingerprint density at radius 2 is 2.38 bits per heavy atom. The lowest BCUT2D eigenvalue weighted by Crippen LogP contribution is -2.03. The molecule has 0 aliphatic heterocycles. The number of halogens is 1. The van der Waals surface area contributed by atoms with Gasteiger partial charge < -0.3 is 14.4 Å². The van der Waals surface area contributed by atoms with Gasteiger partial charge in [0.05, 0.1) is 23.9 Å². The van der Waals surface area contributed by atoms with E-state index in [1.54, 1.807) is 12.1 Å². The van der Waals surface area contributed by atoms with Gasteiger partial charge in [0.15, 0.2) is 16.7 Å². The number of carboxylic acids is 1. The zero-order chi connectivity index (χ0) is 15.4. The molecule has 2 rings (SSSR count). The number of benzene rings is 1. The second kappa shape index (κ2) is 6.62. The highest BCUT2D eigenvalue weighted by Gasteiger charge is 2.15. The predicted octanol–water partition coefficient (Wildman–Crippen LogP) is 2.94. The molecule has 0 saturated heterocycles. The zero-order valence-corrected chi connectivity index (χ0v) is 12.3. The van der Waals surface area contributed by atoms with Crippen molar-refractivity contribution in [1.29, 1.82) is 0 Å². The van der Waals surface area contributed by atoms with Crippen molar-refractivity contribution in [2.24, 2.45) is 0 Å². The van der Waals surface area contributed by atoms with Gasteiger partial charge in [-0.2, -0.15) is 0 Å². The first-order valence-corrected chi connectivity index (χ1v) is 7.24. The van der Waals surface area contributed by atoms with Crippen LogP contribution in [0.1, 0.15) is 6.42 Å². The number of aliphatic carboxylic acids is 1. The molecule has 0 saturated carbocycles. The Kier molecular flexibility index (Phi) is 4.85. The molecule has 7 heteroatoms. The van der Waals surface area contributed by atoms with Crippen LogP contribution in [0.3, 0.4) is 0 Å². The fourth-order valence-corrected chi connectivity index (χ4v) is 2.69. The van der Waals surface area contributed by atoms with Crippen molar-refractivity contribution in [1.82, 2.24) is 9.55 Å². The lowest BCUT2D eigenvalue weighted by atomic mass is 10.2. The average Bonchev–Trinajstić information content (AvgIpc) is 2.78. The minimum absolute atomic E-state index is 0.100. The molecule has 0 amide bonds. The summed E-state index contributed by atoms with van der Waals surface area (Å²) >= 11 is 1.11. The van der Waals surface area contributed by atoms with Gasteiger partial charge in [0.25, 0.3) is 0 Å². The second-order valence-corrected chi connectivity index (χ2v) is 5.22. The van der Waals surface area contributed by atoms with Gasteiger partial charge in [-0.25, -0.2) is 9.37 Å². The number of carbonyl (C=O) groups is 1. The summed E-state index contributed by atoms with van der Waals surface area (Å²) in [6, 6.07) is 2.87. The van der Waals surface area contributed by atoms with Gasteiger partial charge in [-0.15, -0.1) is 6.58 Å². The summed E-state index contributed by atoms with van der Waals surface area (Å²) in [4.78, 5) is 15.0. The van der Waals surface area contributed by atoms with E-state index in [1.165, 1.54) is 13.2 Å². The van der Waals surface area contributed by atoms with Gasteiger partial charge in [-0.1, -0.05) is 17.8 Å². The number of hydrogen-bond acceptors (Lipinski definition) is 4. The van der Waals surface area contributed by atoms with Crippen LogP contribution in [0.5, 0.6) is 5.75 Å². The van der Waals surface area contributed by atoms with Gasteiger partial charge in [0.2, 0.25) is 0 Å². The van der Waals surface area contributed by atoms with E-state index in [9.17, 15) is 9.18 Å². The highest BCUT2D eigenvalue weighted by atomic mass is 32.2. The van der Waals surface area contributed by atoms with Crippen molar-refractivity contribution in [2.45, 2.75) is 18.1 Å². The molecule has 21 heavy (non-hydrogen) atoms. The molecular weight excluding hydrogens is 295 g/mol. The van der Waals surface area contributed by atoms with Crippen molar-refractivity contribution in [3.8, 4) is 5.75 Å². The largest absolute Gasteiger partial charge is 0.494 e. The number of imidazole rings is 1. The van der Waals surface area contributed by atoms with Crippen molar-refractivity contribution in [3.63, 3.8) is 0 Å². The van der Waals surface area contributed by atoms with Gasteiger partial charge >= 0.3 is 5.97 Å². The topological polar surface area (TPSA) is 64.4 Å². The summed E-state index contributed by atoms with van der Waals surface area (Å²) in [5.74, 6) is -1.38. The fraction of sp³-hybridized carbons (Fsp3) is 0.286. The second-order valence-electron chi connectivity index (χ2n) is 4.28. The minimum atomic E-state index is -0.925. The molecule has 1 N–H and O–H groups in total. The molecule has 0 atom stereocenters. The SMILES string of the molecule is C=CCCn1c(SCC(=O)O)nc2cc(F)c(OC)cc21. The standard InChI is InChI=1S/C14H15FN2O3S/c1-3-4-5-17-11-7-12(20-2)9(15)6-10(11)16-14(17)21-8-13(18)19/h3,6-7H,1,4-5,8H2,2H3,(H,18,19). The Morgan fingerprint density at radius 1 is 1.62 bits per heavy atom. The lowest BCUT2D eigenvalue weighted by molar-refractivity contribution is -0.133. The summed E-state index contributed by atoms with van der Waals surface area (Å²) in [5.41, 5.74) is 1.19. The summed E-state index contributed by atoms with van der Waals surface area (Å²) < 4.78 is 20.6. The number of aromatic nitrogens is 2. The van der Waals surface area contributed by atoms with Crippen LogP contribution in [0.4, 0.5) is 4.39 Å². The molecule has 2 aromatic rings. The first kappa shape index (κ1) is 15.4. The molecule has 0 radical (unpaired) electrons. The van der Waals surface area contributed by atoms with Gasteiger partial charge in [-0.05, 0) is 6.42 Å². The van der Waals surface area contributed by atoms with E-state index in [-0.39, 0.29) is 11.5 Å². The molecule has 0 spiro atoms. The van der Waals surface area contributed by atoms with Crippen LogP contribution in [0, 0.1) is 5.82 Å². The third-order valence-electron chi connectivity index (χ3n) is 2.87. The number of carboxylic acid groups (broad SMARTS) is 1. The molecule has 0 unspecified atom stereocenters. The summed E-state index contributed by atoms with van der Waals surface area (Å²) in [6.45, 7) is 4.27. The maximum atomic E-state index is 13.7. The molecule has 1 aromatic carbocycles. The van der Waals surface area contributed by atoms with E-state index in [2.05, 4.69) is 11.6 Å². The monoisotopic (exact) mass is 310 g/mol. The summed E-state index contributed by atoms with van der Waals surface area (Å²) in [6.07, 6.45) is 2.46. The Balaban J connectivity index is 2.50. The smallest absolute Gasteiger partial charge is 0.313 e. The van der Waals surface area contributed by atoms with Crippen LogP contribution in [0.15, 0.2) is 29.9 Å². The summed E-state index contributed by atoms with van der Waals surface area (Å²) in [5, 5.41) is 9.33. The predicted molar refractivity (Wildman–Crippen MR) is 79.4 cm³/mol. The van der Waals surface area contributed by atoms with E-state index in [0.717, 1.165) is 11.8 Å². The lowest BCUT2D eigenvalue weighted by Gasteiger charge is -2.07. The number of rotatable bonds is 7. The number of hydrogen-bond donors (Lipinski definition) is 1. The van der Waals surface area contributed by atoms with Gasteiger partial charge in [0.1, 0.15) is 0 Å². The molecule has 1 heterocycles. The van der Waals surface area contributed by atoms with E-state index in [4.69, 9.17) is 9.84 Å². The molecule has 1 aromatic heterocycles. The van der Waals surface area contributed by atoms with Crippen LogP contribution in [0.25, 0.3) is 11.0 Å². The quantitative estimate of drug-likeness (QED) is 0.629. The third kappa shape index (κ3) is 3.36. The molecule has 0 aliphatic carbocycles. The number of allylic oxidation sites excluding steroid dienone is 1. The minimum Gasteiger partial charge on any atom is -0.494 e. The number of ether oxygens (including phenoxy) is 1. The van der Waals surface area contributed by atoms with Crippen molar-refractivity contribution >= 4 is 28.8 Å². The normalized spacial score (nSPS) is 10.8. The molecular formula is C14H15FN2O3S. The highest BCUT2D eigenvalue weighted by Crippen LogP contribution is 2.29. The summed E-state index contributed by atoms with van der Waals surface area (Å²) in [7, 11) is 1.40. The van der Waals surface area contributed by atoms with Crippen LogP contribution in [0.2, 0.25) is 0 Å². The van der Waals surface area contributed by atoms with E-state index >= 15 is 0 Å². The molecule has 5 nitrogen and oxygen atoms in total. The average molecular weight is 310 g/mol. The van der Waals surface area contributed by atoms with Gasteiger partial charge in [-0.3, -0.25) is 4.79 Å². The number of nitrogens with zero attached hydrogens (tertiary/aromatic N) is 2. The van der Waals surface area contributed by atoms with Crippen LogP contribution in [-0.4, -0.2) is 33.5 Å². The Morgan fingerprint density at radius 3 is 3.00 bits per heavy atom.